The normalized spacial score (nSPS) is 25.5. The van der Waals surface area contributed by atoms with E-state index in [-0.39, 0.29) is 17.3 Å². The van der Waals surface area contributed by atoms with Gasteiger partial charge in [0.25, 0.3) is 0 Å². The summed E-state index contributed by atoms with van der Waals surface area (Å²) in [7, 11) is 0. The largest absolute Gasteiger partial charge is 0.371 e. The topological polar surface area (TPSA) is 29.3 Å². The fourth-order valence-electron chi connectivity index (χ4n) is 3.10. The predicted molar refractivity (Wildman–Crippen MR) is 78.8 cm³/mol. The summed E-state index contributed by atoms with van der Waals surface area (Å²) in [6.45, 7) is 8.54. The highest BCUT2D eigenvalue weighted by molar-refractivity contribution is 5.46. The lowest BCUT2D eigenvalue weighted by molar-refractivity contribution is 0.301. The van der Waals surface area contributed by atoms with Gasteiger partial charge in [-0.1, -0.05) is 13.8 Å². The number of rotatable bonds is 4. The Balaban J connectivity index is 2.06. The van der Waals surface area contributed by atoms with Crippen LogP contribution >= 0.6 is 0 Å². The van der Waals surface area contributed by atoms with Gasteiger partial charge in [0.05, 0.1) is 0 Å². The zero-order valence-electron chi connectivity index (χ0n) is 12.2. The van der Waals surface area contributed by atoms with Crippen molar-refractivity contribution in [3.63, 3.8) is 0 Å². The fourth-order valence-corrected chi connectivity index (χ4v) is 3.10. The summed E-state index contributed by atoms with van der Waals surface area (Å²) in [5.41, 5.74) is 7.70. The van der Waals surface area contributed by atoms with Gasteiger partial charge in [0.2, 0.25) is 0 Å². The number of halogens is 1. The zero-order chi connectivity index (χ0) is 14.0. The van der Waals surface area contributed by atoms with Gasteiger partial charge in [-0.3, -0.25) is 0 Å². The van der Waals surface area contributed by atoms with Gasteiger partial charge < -0.3 is 10.6 Å². The number of nitrogens with two attached hydrogens (primary N) is 1. The minimum absolute atomic E-state index is 0.182. The third-order valence-electron chi connectivity index (χ3n) is 4.60. The van der Waals surface area contributed by atoms with E-state index < -0.39 is 0 Å². The lowest BCUT2D eigenvalue weighted by Crippen LogP contribution is -2.42. The molecule has 19 heavy (non-hydrogen) atoms. The van der Waals surface area contributed by atoms with Crippen molar-refractivity contribution < 1.29 is 4.39 Å². The second-order valence-electron chi connectivity index (χ2n) is 6.33. The minimum atomic E-state index is -0.182. The van der Waals surface area contributed by atoms with Crippen LogP contribution in [-0.2, 0) is 0 Å². The SMILES string of the molecule is CCN(CC1CCC(C)(C)C1N)c1ccc(F)cc1. The van der Waals surface area contributed by atoms with Gasteiger partial charge in [0.15, 0.2) is 0 Å². The zero-order valence-corrected chi connectivity index (χ0v) is 12.2. The summed E-state index contributed by atoms with van der Waals surface area (Å²) in [6.07, 6.45) is 2.38. The van der Waals surface area contributed by atoms with Gasteiger partial charge in [-0.15, -0.1) is 0 Å². The van der Waals surface area contributed by atoms with E-state index in [1.165, 1.54) is 25.0 Å². The van der Waals surface area contributed by atoms with E-state index in [1.807, 2.05) is 12.1 Å². The van der Waals surface area contributed by atoms with Crippen molar-refractivity contribution >= 4 is 5.69 Å². The van der Waals surface area contributed by atoms with E-state index in [9.17, 15) is 4.39 Å². The summed E-state index contributed by atoms with van der Waals surface area (Å²) < 4.78 is 13.0. The number of hydrogen-bond acceptors (Lipinski definition) is 2. The van der Waals surface area contributed by atoms with Crippen molar-refractivity contribution in [2.45, 2.75) is 39.7 Å². The highest BCUT2D eigenvalue weighted by atomic mass is 19.1. The van der Waals surface area contributed by atoms with E-state index in [2.05, 4.69) is 25.7 Å². The Labute approximate surface area is 115 Å². The molecule has 2 N–H and O–H groups in total. The molecule has 2 atom stereocenters. The van der Waals surface area contributed by atoms with Crippen LogP contribution < -0.4 is 10.6 Å². The molecule has 0 spiro atoms. The van der Waals surface area contributed by atoms with Crippen LogP contribution in [0.3, 0.4) is 0 Å². The smallest absolute Gasteiger partial charge is 0.123 e. The first-order valence-electron chi connectivity index (χ1n) is 7.20. The quantitative estimate of drug-likeness (QED) is 0.903. The summed E-state index contributed by atoms with van der Waals surface area (Å²) >= 11 is 0. The minimum Gasteiger partial charge on any atom is -0.371 e. The van der Waals surface area contributed by atoms with E-state index in [0.29, 0.717) is 5.92 Å². The molecule has 1 aromatic rings. The lowest BCUT2D eigenvalue weighted by Gasteiger charge is -2.31. The third-order valence-corrected chi connectivity index (χ3v) is 4.60. The first-order valence-corrected chi connectivity index (χ1v) is 7.20. The summed E-state index contributed by atoms with van der Waals surface area (Å²) in [5, 5.41) is 0. The van der Waals surface area contributed by atoms with Crippen molar-refractivity contribution in [2.75, 3.05) is 18.0 Å². The van der Waals surface area contributed by atoms with Crippen LogP contribution in [0.1, 0.15) is 33.6 Å². The third kappa shape index (κ3) is 3.08. The van der Waals surface area contributed by atoms with Crippen LogP contribution in [0.25, 0.3) is 0 Å². The fraction of sp³-hybridized carbons (Fsp3) is 0.625. The molecule has 0 aromatic heterocycles. The molecule has 1 fully saturated rings. The molecule has 0 aliphatic heterocycles. The second kappa shape index (κ2) is 5.49. The number of anilines is 1. The van der Waals surface area contributed by atoms with E-state index in [0.717, 1.165) is 18.8 Å². The monoisotopic (exact) mass is 264 g/mol. The van der Waals surface area contributed by atoms with E-state index >= 15 is 0 Å². The molecule has 1 aromatic carbocycles. The Hall–Kier alpha value is -1.09. The van der Waals surface area contributed by atoms with Crippen molar-refractivity contribution in [1.29, 1.82) is 0 Å². The number of benzene rings is 1. The molecule has 1 saturated carbocycles. The average molecular weight is 264 g/mol. The molecule has 2 rings (SSSR count). The van der Waals surface area contributed by atoms with Gasteiger partial charge in [-0.05, 0) is 55.4 Å². The van der Waals surface area contributed by atoms with E-state index in [4.69, 9.17) is 5.73 Å². The molecule has 1 aliphatic carbocycles. The lowest BCUT2D eigenvalue weighted by atomic mass is 9.85. The van der Waals surface area contributed by atoms with E-state index in [1.54, 1.807) is 0 Å². The van der Waals surface area contributed by atoms with Crippen LogP contribution in [0.2, 0.25) is 0 Å². The van der Waals surface area contributed by atoms with Gasteiger partial charge in [-0.25, -0.2) is 4.39 Å². The highest BCUT2D eigenvalue weighted by Gasteiger charge is 2.39. The van der Waals surface area contributed by atoms with Gasteiger partial charge in [-0.2, -0.15) is 0 Å². The summed E-state index contributed by atoms with van der Waals surface area (Å²) in [6, 6.07) is 7.00. The first kappa shape index (κ1) is 14.3. The molecular weight excluding hydrogens is 239 g/mol. The van der Waals surface area contributed by atoms with Gasteiger partial charge >= 0.3 is 0 Å². The molecule has 106 valence electrons. The Bertz CT molecular complexity index is 413. The van der Waals surface area contributed by atoms with Crippen molar-refractivity contribution in [3.05, 3.63) is 30.1 Å². The molecule has 2 nitrogen and oxygen atoms in total. The first-order chi connectivity index (χ1) is 8.94. The molecule has 0 bridgehead atoms. The van der Waals surface area contributed by atoms with Gasteiger partial charge in [0, 0.05) is 24.8 Å². The summed E-state index contributed by atoms with van der Waals surface area (Å²) in [4.78, 5) is 2.30. The Kier molecular flexibility index (Phi) is 4.14. The van der Waals surface area contributed by atoms with Crippen LogP contribution in [0.15, 0.2) is 24.3 Å². The molecule has 0 radical (unpaired) electrons. The van der Waals surface area contributed by atoms with Crippen molar-refractivity contribution in [1.82, 2.24) is 0 Å². The molecule has 0 heterocycles. The van der Waals surface area contributed by atoms with Crippen LogP contribution in [0.4, 0.5) is 10.1 Å². The highest BCUT2D eigenvalue weighted by Crippen LogP contribution is 2.40. The van der Waals surface area contributed by atoms with Crippen molar-refractivity contribution in [2.24, 2.45) is 17.1 Å². The van der Waals surface area contributed by atoms with Crippen LogP contribution in [-0.4, -0.2) is 19.1 Å². The number of hydrogen-bond donors (Lipinski definition) is 1. The molecule has 2 unspecified atom stereocenters. The Morgan fingerprint density at radius 2 is 1.95 bits per heavy atom. The maximum atomic E-state index is 13.0. The van der Waals surface area contributed by atoms with Crippen LogP contribution in [0.5, 0.6) is 0 Å². The maximum Gasteiger partial charge on any atom is 0.123 e. The summed E-state index contributed by atoms with van der Waals surface area (Å²) in [5.74, 6) is 0.346. The standard InChI is InChI=1S/C16H25FN2/c1-4-19(14-7-5-13(17)6-8-14)11-12-9-10-16(2,3)15(12)18/h5-8,12,15H,4,9-11,18H2,1-3H3. The second-order valence-corrected chi connectivity index (χ2v) is 6.33. The molecular formula is C16H25FN2. The predicted octanol–water partition coefficient (Wildman–Crippen LogP) is 3.42. The molecule has 1 aliphatic rings. The molecule has 0 amide bonds. The Morgan fingerprint density at radius 1 is 1.32 bits per heavy atom. The molecule has 0 saturated heterocycles. The van der Waals surface area contributed by atoms with Gasteiger partial charge in [0.1, 0.15) is 5.82 Å². The Morgan fingerprint density at radius 3 is 2.42 bits per heavy atom. The average Bonchev–Trinajstić information content (AvgIpc) is 2.64. The van der Waals surface area contributed by atoms with Crippen molar-refractivity contribution in [3.8, 4) is 0 Å². The van der Waals surface area contributed by atoms with Crippen LogP contribution in [0, 0.1) is 17.2 Å². The maximum absolute atomic E-state index is 13.0. The number of nitrogens with zero attached hydrogens (tertiary/aromatic N) is 1. The molecule has 3 heteroatoms.